The molecule has 0 aliphatic carbocycles. The summed E-state index contributed by atoms with van der Waals surface area (Å²) in [5.74, 6) is 0.329. The van der Waals surface area contributed by atoms with E-state index >= 15 is 0 Å². The molecule has 0 fully saturated rings. The molecule has 0 bridgehead atoms. The number of fused-ring (bicyclic) bond motifs is 1. The summed E-state index contributed by atoms with van der Waals surface area (Å²) in [6.07, 6.45) is 1.29. The monoisotopic (exact) mass is 287 g/mol. The fraction of sp³-hybridized carbons (Fsp3) is 0.231. The minimum atomic E-state index is -0.680. The van der Waals surface area contributed by atoms with Gasteiger partial charge >= 0.3 is 0 Å². The Balaban J connectivity index is 1.73. The molecule has 1 atom stereocenters. The highest BCUT2D eigenvalue weighted by atomic mass is 16.5. The van der Waals surface area contributed by atoms with Crippen molar-refractivity contribution in [3.05, 3.63) is 30.6 Å². The first-order valence-electron chi connectivity index (χ1n) is 6.32. The molecule has 2 heterocycles. The first-order valence-corrected chi connectivity index (χ1v) is 6.32. The van der Waals surface area contributed by atoms with Crippen molar-refractivity contribution in [1.82, 2.24) is 14.8 Å². The van der Waals surface area contributed by atoms with Crippen molar-refractivity contribution in [1.29, 1.82) is 0 Å². The summed E-state index contributed by atoms with van der Waals surface area (Å²) in [6, 6.07) is 6.31. The standard InChI is InChI=1S/C13H13N5O3/c1-21-9-4-2-3-8(5-9)16-12(20)10-6-11(19)18-13(17-10)14-7-15-18/h2-5,7,10H,6H2,1H3,(H,16,20)(H,14,15,17). The van der Waals surface area contributed by atoms with Crippen molar-refractivity contribution in [3.8, 4) is 5.75 Å². The van der Waals surface area contributed by atoms with E-state index < -0.39 is 6.04 Å². The van der Waals surface area contributed by atoms with Crippen molar-refractivity contribution in [2.45, 2.75) is 12.5 Å². The molecular formula is C13H13N5O3. The number of methoxy groups -OCH3 is 1. The average molecular weight is 287 g/mol. The zero-order valence-corrected chi connectivity index (χ0v) is 11.2. The summed E-state index contributed by atoms with van der Waals surface area (Å²) in [6.45, 7) is 0. The van der Waals surface area contributed by atoms with Crippen molar-refractivity contribution >= 4 is 23.5 Å². The number of carbonyl (C=O) groups is 2. The molecule has 2 aromatic rings. The van der Waals surface area contributed by atoms with E-state index in [0.29, 0.717) is 11.4 Å². The third-order valence-electron chi connectivity index (χ3n) is 3.12. The van der Waals surface area contributed by atoms with Crippen LogP contribution in [-0.2, 0) is 4.79 Å². The average Bonchev–Trinajstić information content (AvgIpc) is 2.96. The van der Waals surface area contributed by atoms with Crippen LogP contribution in [0.2, 0.25) is 0 Å². The highest BCUT2D eigenvalue weighted by molar-refractivity contribution is 6.01. The van der Waals surface area contributed by atoms with Gasteiger partial charge in [0.15, 0.2) is 0 Å². The van der Waals surface area contributed by atoms with Crippen LogP contribution in [0.25, 0.3) is 0 Å². The fourth-order valence-electron chi connectivity index (χ4n) is 2.08. The predicted octanol–water partition coefficient (Wildman–Crippen LogP) is 0.750. The molecule has 0 spiro atoms. The van der Waals surface area contributed by atoms with Crippen LogP contribution in [-0.4, -0.2) is 39.7 Å². The molecule has 3 rings (SSSR count). The lowest BCUT2D eigenvalue weighted by Crippen LogP contribution is -2.42. The van der Waals surface area contributed by atoms with Crippen LogP contribution < -0.4 is 15.4 Å². The molecule has 1 aliphatic rings. The molecule has 1 unspecified atom stereocenters. The van der Waals surface area contributed by atoms with Gasteiger partial charge in [0.05, 0.1) is 13.5 Å². The number of rotatable bonds is 3. The molecule has 0 saturated carbocycles. The maximum atomic E-state index is 12.2. The van der Waals surface area contributed by atoms with Crippen LogP contribution in [0.5, 0.6) is 5.75 Å². The zero-order chi connectivity index (χ0) is 14.8. The number of carbonyl (C=O) groups excluding carboxylic acids is 2. The first-order chi connectivity index (χ1) is 10.2. The molecule has 21 heavy (non-hydrogen) atoms. The smallest absolute Gasteiger partial charge is 0.252 e. The number of anilines is 2. The molecule has 0 radical (unpaired) electrons. The van der Waals surface area contributed by atoms with Crippen LogP contribution in [0.1, 0.15) is 11.2 Å². The van der Waals surface area contributed by atoms with E-state index in [1.165, 1.54) is 6.33 Å². The Hall–Kier alpha value is -2.90. The normalized spacial score (nSPS) is 16.8. The minimum Gasteiger partial charge on any atom is -0.497 e. The van der Waals surface area contributed by atoms with E-state index in [2.05, 4.69) is 20.7 Å². The molecule has 2 N–H and O–H groups in total. The van der Waals surface area contributed by atoms with Gasteiger partial charge in [-0.3, -0.25) is 9.59 Å². The zero-order valence-electron chi connectivity index (χ0n) is 11.2. The molecule has 1 aliphatic heterocycles. The third-order valence-corrected chi connectivity index (χ3v) is 3.12. The number of ether oxygens (including phenoxy) is 1. The summed E-state index contributed by atoms with van der Waals surface area (Å²) in [5, 5.41) is 9.40. The largest absolute Gasteiger partial charge is 0.497 e. The van der Waals surface area contributed by atoms with Crippen molar-refractivity contribution in [2.75, 3.05) is 17.7 Å². The molecule has 1 amide bonds. The number of nitrogens with zero attached hydrogens (tertiary/aromatic N) is 3. The topological polar surface area (TPSA) is 98.1 Å². The predicted molar refractivity (Wildman–Crippen MR) is 74.3 cm³/mol. The van der Waals surface area contributed by atoms with E-state index in [1.807, 2.05) is 0 Å². The molecule has 1 aromatic heterocycles. The molecule has 108 valence electrons. The Morgan fingerprint density at radius 1 is 1.52 bits per heavy atom. The first kappa shape index (κ1) is 13.1. The maximum Gasteiger partial charge on any atom is 0.252 e. The molecular weight excluding hydrogens is 274 g/mol. The Bertz CT molecular complexity index is 697. The Morgan fingerprint density at radius 3 is 3.19 bits per heavy atom. The van der Waals surface area contributed by atoms with Gasteiger partial charge in [-0.2, -0.15) is 14.8 Å². The van der Waals surface area contributed by atoms with E-state index in [0.717, 1.165) is 4.68 Å². The van der Waals surface area contributed by atoms with Gasteiger partial charge in [0.1, 0.15) is 18.1 Å². The van der Waals surface area contributed by atoms with Crippen molar-refractivity contribution in [2.24, 2.45) is 0 Å². The molecule has 8 nitrogen and oxygen atoms in total. The van der Waals surface area contributed by atoms with Gasteiger partial charge in [-0.15, -0.1) is 0 Å². The fourth-order valence-corrected chi connectivity index (χ4v) is 2.08. The lowest BCUT2D eigenvalue weighted by atomic mass is 10.1. The number of nitrogens with one attached hydrogen (secondary N) is 2. The van der Waals surface area contributed by atoms with Gasteiger partial charge in [-0.05, 0) is 12.1 Å². The quantitative estimate of drug-likeness (QED) is 0.864. The third kappa shape index (κ3) is 2.55. The minimum absolute atomic E-state index is 0.0200. The van der Waals surface area contributed by atoms with Crippen LogP contribution >= 0.6 is 0 Å². The second-order valence-electron chi connectivity index (χ2n) is 4.51. The Kier molecular flexibility index (Phi) is 3.27. The second kappa shape index (κ2) is 5.23. The summed E-state index contributed by atoms with van der Waals surface area (Å²) < 4.78 is 6.24. The summed E-state index contributed by atoms with van der Waals surface area (Å²) in [5.41, 5.74) is 0.598. The number of benzene rings is 1. The van der Waals surface area contributed by atoms with E-state index in [4.69, 9.17) is 4.74 Å². The SMILES string of the molecule is COc1cccc(NC(=O)C2CC(=O)n3ncnc3N2)c1. The van der Waals surface area contributed by atoms with E-state index in [9.17, 15) is 9.59 Å². The Morgan fingerprint density at radius 2 is 2.38 bits per heavy atom. The maximum absolute atomic E-state index is 12.2. The van der Waals surface area contributed by atoms with Crippen molar-refractivity contribution in [3.63, 3.8) is 0 Å². The lowest BCUT2D eigenvalue weighted by molar-refractivity contribution is -0.117. The van der Waals surface area contributed by atoms with Gasteiger partial charge in [0, 0.05) is 11.8 Å². The number of hydrogen-bond donors (Lipinski definition) is 2. The van der Waals surface area contributed by atoms with E-state index in [-0.39, 0.29) is 24.2 Å². The van der Waals surface area contributed by atoms with E-state index in [1.54, 1.807) is 31.4 Å². The highest BCUT2D eigenvalue weighted by Gasteiger charge is 2.30. The molecule has 1 aromatic carbocycles. The number of amides is 1. The van der Waals surface area contributed by atoms with Gasteiger partial charge in [-0.1, -0.05) is 6.07 Å². The summed E-state index contributed by atoms with van der Waals surface area (Å²) in [7, 11) is 1.55. The van der Waals surface area contributed by atoms with Crippen LogP contribution in [0.3, 0.4) is 0 Å². The Labute approximate surface area is 120 Å². The molecule has 8 heteroatoms. The van der Waals surface area contributed by atoms with Crippen LogP contribution in [0, 0.1) is 0 Å². The highest BCUT2D eigenvalue weighted by Crippen LogP contribution is 2.19. The van der Waals surface area contributed by atoms with Crippen LogP contribution in [0.15, 0.2) is 30.6 Å². The van der Waals surface area contributed by atoms with Gasteiger partial charge in [0.25, 0.3) is 5.91 Å². The van der Waals surface area contributed by atoms with Crippen molar-refractivity contribution < 1.29 is 14.3 Å². The van der Waals surface area contributed by atoms with Gasteiger partial charge in [0.2, 0.25) is 11.9 Å². The van der Waals surface area contributed by atoms with Gasteiger partial charge < -0.3 is 15.4 Å². The van der Waals surface area contributed by atoms with Gasteiger partial charge in [-0.25, -0.2) is 0 Å². The second-order valence-corrected chi connectivity index (χ2v) is 4.51. The summed E-state index contributed by atoms with van der Waals surface area (Å²) in [4.78, 5) is 27.9. The van der Waals surface area contributed by atoms with Crippen LogP contribution in [0.4, 0.5) is 11.6 Å². The summed E-state index contributed by atoms with van der Waals surface area (Å²) >= 11 is 0. The molecule has 0 saturated heterocycles. The number of hydrogen-bond acceptors (Lipinski definition) is 6. The number of aromatic nitrogens is 3. The lowest BCUT2D eigenvalue weighted by Gasteiger charge is -2.22.